The maximum Gasteiger partial charge on any atom is 0.194 e. The van der Waals surface area contributed by atoms with Gasteiger partial charge < -0.3 is 5.32 Å². The number of rotatable bonds is 4. The van der Waals surface area contributed by atoms with Crippen LogP contribution in [0.5, 0.6) is 0 Å². The van der Waals surface area contributed by atoms with Crippen LogP contribution in [0.4, 0.5) is 5.69 Å². The van der Waals surface area contributed by atoms with E-state index in [1.165, 1.54) is 10.6 Å². The van der Waals surface area contributed by atoms with Gasteiger partial charge in [-0.15, -0.1) is 11.3 Å². The molecular weight excluding hydrogens is 270 g/mol. The summed E-state index contributed by atoms with van der Waals surface area (Å²) in [6.45, 7) is 9.17. The lowest BCUT2D eigenvalue weighted by atomic mass is 10.3. The van der Waals surface area contributed by atoms with Gasteiger partial charge in [0.05, 0.1) is 29.8 Å². The molecule has 3 aromatic heterocycles. The van der Waals surface area contributed by atoms with Crippen molar-refractivity contribution in [2.24, 2.45) is 0 Å². The maximum absolute atomic E-state index is 4.60. The molecule has 1 N–H and O–H groups in total. The van der Waals surface area contributed by atoms with Crippen LogP contribution in [-0.4, -0.2) is 19.2 Å². The summed E-state index contributed by atoms with van der Waals surface area (Å²) in [6, 6.07) is 0.383. The zero-order valence-electron chi connectivity index (χ0n) is 12.2. The molecule has 20 heavy (non-hydrogen) atoms. The number of anilines is 1. The highest BCUT2D eigenvalue weighted by atomic mass is 32.1. The molecule has 0 saturated heterocycles. The lowest BCUT2D eigenvalue weighted by Gasteiger charge is -2.05. The third-order valence-electron chi connectivity index (χ3n) is 3.33. The quantitative estimate of drug-likeness (QED) is 0.800. The number of aryl methyl sites for hydroxylation is 2. The smallest absolute Gasteiger partial charge is 0.194 e. The number of aromatic nitrogens is 4. The van der Waals surface area contributed by atoms with Gasteiger partial charge in [-0.2, -0.15) is 5.10 Å². The highest BCUT2D eigenvalue weighted by molar-refractivity contribution is 7.17. The van der Waals surface area contributed by atoms with Crippen molar-refractivity contribution in [2.45, 2.75) is 40.3 Å². The molecule has 0 aliphatic carbocycles. The first-order valence-electron chi connectivity index (χ1n) is 6.76. The average Bonchev–Trinajstić information content (AvgIpc) is 3.02. The van der Waals surface area contributed by atoms with E-state index in [0.29, 0.717) is 6.04 Å². The molecule has 0 aromatic carbocycles. The summed E-state index contributed by atoms with van der Waals surface area (Å²) in [7, 11) is 0. The highest BCUT2D eigenvalue weighted by Crippen LogP contribution is 2.21. The van der Waals surface area contributed by atoms with E-state index < -0.39 is 0 Å². The molecule has 0 unspecified atom stereocenters. The largest absolute Gasteiger partial charge is 0.377 e. The zero-order chi connectivity index (χ0) is 14.3. The molecule has 0 radical (unpaired) electrons. The number of hydrogen-bond donors (Lipinski definition) is 1. The molecule has 0 fully saturated rings. The molecule has 0 atom stereocenters. The molecule has 6 heteroatoms. The Hall–Kier alpha value is -1.82. The minimum Gasteiger partial charge on any atom is -0.377 e. The van der Waals surface area contributed by atoms with Crippen LogP contribution in [0.1, 0.15) is 36.2 Å². The second-order valence-electron chi connectivity index (χ2n) is 5.29. The number of nitrogens with zero attached hydrogens (tertiary/aromatic N) is 4. The lowest BCUT2D eigenvalue weighted by molar-refractivity contribution is 0.532. The second kappa shape index (κ2) is 4.94. The first kappa shape index (κ1) is 13.2. The van der Waals surface area contributed by atoms with Crippen LogP contribution in [0.15, 0.2) is 18.6 Å². The van der Waals surface area contributed by atoms with Crippen molar-refractivity contribution in [1.29, 1.82) is 0 Å². The van der Waals surface area contributed by atoms with Gasteiger partial charge in [0, 0.05) is 23.3 Å². The molecule has 3 rings (SSSR count). The van der Waals surface area contributed by atoms with E-state index in [4.69, 9.17) is 0 Å². The van der Waals surface area contributed by atoms with Gasteiger partial charge in [0.1, 0.15) is 0 Å². The van der Waals surface area contributed by atoms with Crippen LogP contribution in [0.3, 0.4) is 0 Å². The molecule has 0 aliphatic rings. The molecule has 3 heterocycles. The van der Waals surface area contributed by atoms with E-state index in [1.54, 1.807) is 11.3 Å². The molecule has 5 nitrogen and oxygen atoms in total. The van der Waals surface area contributed by atoms with E-state index in [1.807, 2.05) is 17.1 Å². The Labute approximate surface area is 122 Å². The molecule has 0 amide bonds. The van der Waals surface area contributed by atoms with Crippen LogP contribution < -0.4 is 5.32 Å². The van der Waals surface area contributed by atoms with E-state index in [0.717, 1.165) is 22.9 Å². The summed E-state index contributed by atoms with van der Waals surface area (Å²) in [5.41, 5.74) is 3.33. The Kier molecular flexibility index (Phi) is 3.25. The lowest BCUT2D eigenvalue weighted by Crippen LogP contribution is -2.03. The van der Waals surface area contributed by atoms with E-state index in [2.05, 4.69) is 53.7 Å². The van der Waals surface area contributed by atoms with Crippen molar-refractivity contribution in [3.05, 3.63) is 34.9 Å². The molecule has 0 saturated carbocycles. The molecule has 0 aliphatic heterocycles. The fourth-order valence-corrected chi connectivity index (χ4v) is 3.11. The zero-order valence-corrected chi connectivity index (χ0v) is 13.0. The highest BCUT2D eigenvalue weighted by Gasteiger charge is 2.11. The normalized spacial score (nSPS) is 11.7. The van der Waals surface area contributed by atoms with Crippen molar-refractivity contribution in [1.82, 2.24) is 19.2 Å². The Bertz CT molecular complexity index is 734. The summed E-state index contributed by atoms with van der Waals surface area (Å²) in [5, 5.41) is 7.76. The minimum atomic E-state index is 0.383. The van der Waals surface area contributed by atoms with Crippen LogP contribution in [-0.2, 0) is 6.54 Å². The summed E-state index contributed by atoms with van der Waals surface area (Å²) in [4.78, 5) is 6.94. The molecule has 0 spiro atoms. The number of fused-ring (bicyclic) bond motifs is 1. The molecular formula is C14H19N5S. The van der Waals surface area contributed by atoms with Gasteiger partial charge in [-0.25, -0.2) is 4.98 Å². The summed E-state index contributed by atoms with van der Waals surface area (Å²) in [6.07, 6.45) is 6.05. The first-order chi connectivity index (χ1) is 9.54. The molecule has 106 valence electrons. The third-order valence-corrected chi connectivity index (χ3v) is 4.23. The number of nitrogens with one attached hydrogen (secondary N) is 1. The fraction of sp³-hybridized carbons (Fsp3) is 0.429. The van der Waals surface area contributed by atoms with Crippen molar-refractivity contribution >= 4 is 22.0 Å². The van der Waals surface area contributed by atoms with E-state index in [-0.39, 0.29) is 0 Å². The first-order valence-corrected chi connectivity index (χ1v) is 7.58. The van der Waals surface area contributed by atoms with E-state index >= 15 is 0 Å². The van der Waals surface area contributed by atoms with Gasteiger partial charge in [0.15, 0.2) is 4.96 Å². The standard InChI is InChI=1S/C14H19N5S/c1-9(2)19-8-12(5-16-19)15-6-13-11(4)17-14-18(13)7-10(3)20-14/h5,7-9,15H,6H2,1-4H3. The Morgan fingerprint density at radius 1 is 1.30 bits per heavy atom. The third kappa shape index (κ3) is 2.31. The molecule has 3 aromatic rings. The van der Waals surface area contributed by atoms with Crippen molar-refractivity contribution in [3.8, 4) is 0 Å². The van der Waals surface area contributed by atoms with Gasteiger partial charge >= 0.3 is 0 Å². The second-order valence-corrected chi connectivity index (χ2v) is 6.51. The predicted octanol–water partition coefficient (Wildman–Crippen LogP) is 3.40. The van der Waals surface area contributed by atoms with Crippen LogP contribution >= 0.6 is 11.3 Å². The summed E-state index contributed by atoms with van der Waals surface area (Å²) in [5.74, 6) is 0. The average molecular weight is 289 g/mol. The topological polar surface area (TPSA) is 47.1 Å². The van der Waals surface area contributed by atoms with Gasteiger partial charge in [0.25, 0.3) is 0 Å². The van der Waals surface area contributed by atoms with Crippen LogP contribution in [0, 0.1) is 13.8 Å². The van der Waals surface area contributed by atoms with Crippen LogP contribution in [0.25, 0.3) is 4.96 Å². The summed E-state index contributed by atoms with van der Waals surface area (Å²) < 4.78 is 4.13. The van der Waals surface area contributed by atoms with Gasteiger partial charge in [-0.05, 0) is 27.7 Å². The van der Waals surface area contributed by atoms with Gasteiger partial charge in [0.2, 0.25) is 0 Å². The number of thiazole rings is 1. The van der Waals surface area contributed by atoms with Crippen molar-refractivity contribution in [3.63, 3.8) is 0 Å². The van der Waals surface area contributed by atoms with Crippen LogP contribution in [0.2, 0.25) is 0 Å². The van der Waals surface area contributed by atoms with Crippen molar-refractivity contribution < 1.29 is 0 Å². The Morgan fingerprint density at radius 3 is 2.80 bits per heavy atom. The minimum absolute atomic E-state index is 0.383. The molecule has 0 bridgehead atoms. The number of hydrogen-bond acceptors (Lipinski definition) is 4. The van der Waals surface area contributed by atoms with E-state index in [9.17, 15) is 0 Å². The SMILES string of the molecule is Cc1cn2c(CNc3cnn(C(C)C)c3)c(C)nc2s1. The monoisotopic (exact) mass is 289 g/mol. The van der Waals surface area contributed by atoms with Gasteiger partial charge in [-0.1, -0.05) is 0 Å². The Balaban J connectivity index is 1.80. The Morgan fingerprint density at radius 2 is 2.10 bits per heavy atom. The maximum atomic E-state index is 4.60. The van der Waals surface area contributed by atoms with Gasteiger partial charge in [-0.3, -0.25) is 9.08 Å². The number of imidazole rings is 1. The fourth-order valence-electron chi connectivity index (χ4n) is 2.22. The predicted molar refractivity (Wildman–Crippen MR) is 82.5 cm³/mol. The van der Waals surface area contributed by atoms with Crippen molar-refractivity contribution in [2.75, 3.05) is 5.32 Å². The summed E-state index contributed by atoms with van der Waals surface area (Å²) >= 11 is 1.72.